The normalized spacial score (nSPS) is 23.2. The number of primary amides is 1. The third-order valence-electron chi connectivity index (χ3n) is 3.18. The number of aliphatic hydroxyl groups is 1. The highest BCUT2D eigenvalue weighted by Crippen LogP contribution is 2.23. The lowest BCUT2D eigenvalue weighted by Crippen LogP contribution is -2.57. The Hall–Kier alpha value is -1.47. The summed E-state index contributed by atoms with van der Waals surface area (Å²) in [4.78, 5) is 29.0. The number of carbonyl (C=O) groups is 2. The molecule has 1 aliphatic rings. The maximum absolute atomic E-state index is 12.3. The quantitative estimate of drug-likeness (QED) is 0.816. The second kappa shape index (κ2) is 5.26. The van der Waals surface area contributed by atoms with E-state index in [1.165, 1.54) is 11.1 Å². The number of hydrogen-bond donors (Lipinski definition) is 2. The molecule has 1 atom stereocenters. The highest BCUT2D eigenvalue weighted by atomic mass is 79.9. The zero-order valence-electron chi connectivity index (χ0n) is 10.2. The van der Waals surface area contributed by atoms with E-state index < -0.39 is 11.5 Å². The maximum atomic E-state index is 12.3. The Morgan fingerprint density at radius 2 is 2.26 bits per heavy atom. The van der Waals surface area contributed by atoms with Gasteiger partial charge in [0.2, 0.25) is 0 Å². The molecule has 0 aliphatic carbocycles. The molecule has 0 radical (unpaired) electrons. The molecule has 1 fully saturated rings. The number of nitrogens with zero attached hydrogens (tertiary/aromatic N) is 2. The fourth-order valence-corrected chi connectivity index (χ4v) is 2.53. The monoisotopic (exact) mass is 327 g/mol. The zero-order valence-corrected chi connectivity index (χ0v) is 11.8. The molecule has 1 aromatic heterocycles. The molecule has 2 heterocycles. The van der Waals surface area contributed by atoms with Crippen LogP contribution in [0.4, 0.5) is 0 Å². The van der Waals surface area contributed by atoms with Crippen molar-refractivity contribution in [3.8, 4) is 0 Å². The molecule has 2 amide bonds. The van der Waals surface area contributed by atoms with E-state index in [9.17, 15) is 14.7 Å². The Balaban J connectivity index is 2.21. The van der Waals surface area contributed by atoms with Crippen molar-refractivity contribution in [2.45, 2.75) is 18.4 Å². The number of carbonyl (C=O) groups excluding carboxylic acids is 2. The summed E-state index contributed by atoms with van der Waals surface area (Å²) in [6.45, 7) is 0.377. The number of hydrogen-bond acceptors (Lipinski definition) is 4. The topological polar surface area (TPSA) is 96.5 Å². The molecule has 1 aromatic rings. The Bertz CT molecular complexity index is 523. The van der Waals surface area contributed by atoms with Crippen molar-refractivity contribution >= 4 is 27.7 Å². The van der Waals surface area contributed by atoms with Crippen molar-refractivity contribution in [2.24, 2.45) is 5.73 Å². The number of nitrogens with two attached hydrogens (primary N) is 1. The van der Waals surface area contributed by atoms with Crippen molar-refractivity contribution < 1.29 is 14.7 Å². The highest BCUT2D eigenvalue weighted by molar-refractivity contribution is 9.10. The molecule has 6 nitrogen and oxygen atoms in total. The van der Waals surface area contributed by atoms with Crippen LogP contribution in [0, 0.1) is 0 Å². The van der Waals surface area contributed by atoms with Crippen molar-refractivity contribution in [2.75, 3.05) is 13.1 Å². The Morgan fingerprint density at radius 1 is 1.53 bits per heavy atom. The molecule has 3 N–H and O–H groups in total. The SMILES string of the molecule is NC(=O)[C@@]1(O)CCCN(C(=O)c2ncccc2Br)C1. The van der Waals surface area contributed by atoms with Crippen LogP contribution in [0.25, 0.3) is 0 Å². The fraction of sp³-hybridized carbons (Fsp3) is 0.417. The van der Waals surface area contributed by atoms with E-state index in [4.69, 9.17) is 5.73 Å². The van der Waals surface area contributed by atoms with E-state index in [1.54, 1.807) is 12.1 Å². The summed E-state index contributed by atoms with van der Waals surface area (Å²) in [5.41, 5.74) is 3.80. The van der Waals surface area contributed by atoms with Gasteiger partial charge in [-0.25, -0.2) is 4.98 Å². The van der Waals surface area contributed by atoms with E-state index in [-0.39, 0.29) is 24.6 Å². The van der Waals surface area contributed by atoms with E-state index in [1.807, 2.05) is 0 Å². The zero-order chi connectivity index (χ0) is 14.0. The van der Waals surface area contributed by atoms with Crippen molar-refractivity contribution in [3.05, 3.63) is 28.5 Å². The minimum Gasteiger partial charge on any atom is -0.378 e. The largest absolute Gasteiger partial charge is 0.378 e. The average Bonchev–Trinajstić information content (AvgIpc) is 2.38. The van der Waals surface area contributed by atoms with E-state index >= 15 is 0 Å². The van der Waals surface area contributed by atoms with Gasteiger partial charge in [0, 0.05) is 17.2 Å². The first-order valence-electron chi connectivity index (χ1n) is 5.86. The third-order valence-corrected chi connectivity index (χ3v) is 3.82. The molecule has 102 valence electrons. The molecule has 0 spiro atoms. The molecular weight excluding hydrogens is 314 g/mol. The molecular formula is C12H14BrN3O3. The lowest BCUT2D eigenvalue weighted by Gasteiger charge is -2.36. The van der Waals surface area contributed by atoms with Gasteiger partial charge in [0.1, 0.15) is 5.69 Å². The number of pyridine rings is 1. The van der Waals surface area contributed by atoms with Crippen LogP contribution in [0.1, 0.15) is 23.3 Å². The first kappa shape index (κ1) is 14.0. The third kappa shape index (κ3) is 2.76. The minimum absolute atomic E-state index is 0.0931. The van der Waals surface area contributed by atoms with Crippen molar-refractivity contribution in [3.63, 3.8) is 0 Å². The van der Waals surface area contributed by atoms with Gasteiger partial charge in [-0.15, -0.1) is 0 Å². The second-order valence-electron chi connectivity index (χ2n) is 4.56. The van der Waals surface area contributed by atoms with Gasteiger partial charge in [-0.05, 0) is 40.9 Å². The number of β-amino-alcohol motifs (C(OH)–C–C–N with tert-alkyl or cyclic N) is 1. The second-order valence-corrected chi connectivity index (χ2v) is 5.41. The number of piperidine rings is 1. The summed E-state index contributed by atoms with van der Waals surface area (Å²) in [5.74, 6) is -1.13. The molecule has 0 bridgehead atoms. The number of rotatable bonds is 2. The Morgan fingerprint density at radius 3 is 2.89 bits per heavy atom. The van der Waals surface area contributed by atoms with Gasteiger partial charge < -0.3 is 15.7 Å². The van der Waals surface area contributed by atoms with Gasteiger partial charge >= 0.3 is 0 Å². The van der Waals surface area contributed by atoms with Gasteiger partial charge in [0.25, 0.3) is 11.8 Å². The predicted molar refractivity (Wildman–Crippen MR) is 71.2 cm³/mol. The molecule has 2 rings (SSSR count). The van der Waals surface area contributed by atoms with Crippen LogP contribution in [-0.2, 0) is 4.79 Å². The summed E-state index contributed by atoms with van der Waals surface area (Å²) < 4.78 is 0.577. The molecule has 0 saturated carbocycles. The van der Waals surface area contributed by atoms with Crippen LogP contribution < -0.4 is 5.73 Å². The summed E-state index contributed by atoms with van der Waals surface area (Å²) >= 11 is 3.26. The van der Waals surface area contributed by atoms with Gasteiger partial charge in [0.05, 0.1) is 6.54 Å². The maximum Gasteiger partial charge on any atom is 0.273 e. The van der Waals surface area contributed by atoms with Gasteiger partial charge in [-0.2, -0.15) is 0 Å². The fourth-order valence-electron chi connectivity index (χ4n) is 2.10. The summed E-state index contributed by atoms with van der Waals surface area (Å²) in [6, 6.07) is 3.42. The average molecular weight is 328 g/mol. The summed E-state index contributed by atoms with van der Waals surface area (Å²) in [5, 5.41) is 10.1. The van der Waals surface area contributed by atoms with Gasteiger partial charge in [0.15, 0.2) is 5.60 Å². The van der Waals surface area contributed by atoms with Crippen molar-refractivity contribution in [1.82, 2.24) is 9.88 Å². The van der Waals surface area contributed by atoms with E-state index in [0.717, 1.165) is 0 Å². The minimum atomic E-state index is -1.64. The van der Waals surface area contributed by atoms with Crippen LogP contribution in [0.15, 0.2) is 22.8 Å². The molecule has 19 heavy (non-hydrogen) atoms. The number of amides is 2. The molecule has 7 heteroatoms. The lowest BCUT2D eigenvalue weighted by atomic mass is 9.92. The smallest absolute Gasteiger partial charge is 0.273 e. The standard InChI is InChI=1S/C12H14BrN3O3/c13-8-3-1-5-15-9(8)10(17)16-6-2-4-12(19,7-16)11(14)18/h1,3,5,19H,2,4,6-7H2,(H2,14,18)/t12-/m1/s1. The van der Waals surface area contributed by atoms with Crippen LogP contribution in [0.3, 0.4) is 0 Å². The predicted octanol–water partition coefficient (Wildman–Crippen LogP) is 0.297. The number of likely N-dealkylation sites (tertiary alicyclic amines) is 1. The summed E-state index contributed by atoms with van der Waals surface area (Å²) in [6.07, 6.45) is 2.31. The summed E-state index contributed by atoms with van der Waals surface area (Å²) in [7, 11) is 0. The molecule has 1 aliphatic heterocycles. The first-order valence-corrected chi connectivity index (χ1v) is 6.65. The van der Waals surface area contributed by atoms with Crippen LogP contribution >= 0.6 is 15.9 Å². The Kier molecular flexibility index (Phi) is 3.86. The van der Waals surface area contributed by atoms with Gasteiger partial charge in [-0.1, -0.05) is 0 Å². The number of aromatic nitrogens is 1. The van der Waals surface area contributed by atoms with Crippen LogP contribution in [0.5, 0.6) is 0 Å². The van der Waals surface area contributed by atoms with E-state index in [0.29, 0.717) is 17.4 Å². The molecule has 0 aromatic carbocycles. The van der Waals surface area contributed by atoms with E-state index in [2.05, 4.69) is 20.9 Å². The van der Waals surface area contributed by atoms with Crippen LogP contribution in [-0.4, -0.2) is 45.5 Å². The Labute approximate surface area is 118 Å². The molecule has 1 saturated heterocycles. The van der Waals surface area contributed by atoms with Crippen LogP contribution in [0.2, 0.25) is 0 Å². The van der Waals surface area contributed by atoms with Gasteiger partial charge in [-0.3, -0.25) is 9.59 Å². The molecule has 0 unspecified atom stereocenters. The first-order chi connectivity index (χ1) is 8.94. The highest BCUT2D eigenvalue weighted by Gasteiger charge is 2.40. The lowest BCUT2D eigenvalue weighted by molar-refractivity contribution is -0.140. The van der Waals surface area contributed by atoms with Crippen molar-refractivity contribution in [1.29, 1.82) is 0 Å². The number of halogens is 1.